The molecule has 0 spiro atoms. The number of hydrogen-bond donors (Lipinski definition) is 1. The highest BCUT2D eigenvalue weighted by Gasteiger charge is 2.29. The molecule has 3 heteroatoms. The van der Waals surface area contributed by atoms with Crippen molar-refractivity contribution in [1.82, 2.24) is 5.32 Å². The lowest BCUT2D eigenvalue weighted by Crippen LogP contribution is -2.33. The number of benzene rings is 1. The van der Waals surface area contributed by atoms with Crippen molar-refractivity contribution in [3.05, 3.63) is 34.6 Å². The van der Waals surface area contributed by atoms with Gasteiger partial charge in [0.25, 0.3) is 0 Å². The average Bonchev–Trinajstić information content (AvgIpc) is 2.43. The lowest BCUT2D eigenvalue weighted by molar-refractivity contribution is 0.183. The molecule has 112 valence electrons. The van der Waals surface area contributed by atoms with Crippen LogP contribution in [0.2, 0.25) is 5.02 Å². The van der Waals surface area contributed by atoms with E-state index in [-0.39, 0.29) is 10.8 Å². The molecule has 0 heterocycles. The van der Waals surface area contributed by atoms with Gasteiger partial charge >= 0.3 is 0 Å². The maximum atomic E-state index is 14.1. The summed E-state index contributed by atoms with van der Waals surface area (Å²) in [5.74, 6) is 1.74. The Morgan fingerprint density at radius 2 is 2.10 bits per heavy atom. The van der Waals surface area contributed by atoms with Crippen LogP contribution >= 0.6 is 11.6 Å². The first-order valence-electron chi connectivity index (χ1n) is 7.75. The number of rotatable bonds is 5. The largest absolute Gasteiger partial charge is 0.317 e. The summed E-state index contributed by atoms with van der Waals surface area (Å²) in [7, 11) is 0. The minimum absolute atomic E-state index is 0.227. The third-order valence-electron chi connectivity index (χ3n) is 4.57. The van der Waals surface area contributed by atoms with Crippen LogP contribution in [0, 0.1) is 23.6 Å². The SMILES string of the molecule is CCNCC1CCC(C)CC1Cc1cccc(Cl)c1F. The predicted octanol–water partition coefficient (Wildman–Crippen LogP) is 4.68. The molecule has 1 nitrogen and oxygen atoms in total. The number of nitrogens with one attached hydrogen (secondary N) is 1. The Morgan fingerprint density at radius 1 is 1.30 bits per heavy atom. The molecule has 2 rings (SSSR count). The zero-order valence-corrected chi connectivity index (χ0v) is 13.2. The molecule has 1 aliphatic carbocycles. The zero-order chi connectivity index (χ0) is 14.5. The van der Waals surface area contributed by atoms with Crippen molar-refractivity contribution in [2.24, 2.45) is 17.8 Å². The van der Waals surface area contributed by atoms with Crippen LogP contribution in [0.4, 0.5) is 4.39 Å². The second kappa shape index (κ2) is 7.42. The fourth-order valence-electron chi connectivity index (χ4n) is 3.40. The molecule has 20 heavy (non-hydrogen) atoms. The van der Waals surface area contributed by atoms with E-state index in [1.54, 1.807) is 6.07 Å². The molecule has 3 atom stereocenters. The first-order chi connectivity index (χ1) is 9.61. The van der Waals surface area contributed by atoms with Crippen LogP contribution in [0.1, 0.15) is 38.7 Å². The van der Waals surface area contributed by atoms with E-state index in [1.165, 1.54) is 19.3 Å². The van der Waals surface area contributed by atoms with Gasteiger partial charge < -0.3 is 5.32 Å². The van der Waals surface area contributed by atoms with E-state index in [4.69, 9.17) is 11.6 Å². The van der Waals surface area contributed by atoms with Gasteiger partial charge in [0.2, 0.25) is 0 Å². The molecule has 0 aliphatic heterocycles. The van der Waals surface area contributed by atoms with Crippen molar-refractivity contribution in [3.63, 3.8) is 0 Å². The van der Waals surface area contributed by atoms with E-state index in [0.717, 1.165) is 31.0 Å². The highest BCUT2D eigenvalue weighted by molar-refractivity contribution is 6.30. The molecule has 0 radical (unpaired) electrons. The molecule has 1 aliphatic rings. The number of halogens is 2. The van der Waals surface area contributed by atoms with Gasteiger partial charge in [0.15, 0.2) is 0 Å². The van der Waals surface area contributed by atoms with E-state index in [0.29, 0.717) is 11.8 Å². The van der Waals surface area contributed by atoms with Crippen LogP contribution in [0.3, 0.4) is 0 Å². The summed E-state index contributed by atoms with van der Waals surface area (Å²) in [4.78, 5) is 0. The van der Waals surface area contributed by atoms with Gasteiger partial charge in [-0.3, -0.25) is 0 Å². The van der Waals surface area contributed by atoms with Crippen LogP contribution in [0.15, 0.2) is 18.2 Å². The summed E-state index contributed by atoms with van der Waals surface area (Å²) < 4.78 is 14.1. The Kier molecular flexibility index (Phi) is 5.86. The van der Waals surface area contributed by atoms with Crippen LogP contribution in [-0.4, -0.2) is 13.1 Å². The highest BCUT2D eigenvalue weighted by atomic mass is 35.5. The minimum Gasteiger partial charge on any atom is -0.317 e. The van der Waals surface area contributed by atoms with Crippen molar-refractivity contribution >= 4 is 11.6 Å². The van der Waals surface area contributed by atoms with Gasteiger partial charge in [0, 0.05) is 0 Å². The Bertz CT molecular complexity index is 433. The van der Waals surface area contributed by atoms with Gasteiger partial charge in [-0.25, -0.2) is 4.39 Å². The third kappa shape index (κ3) is 3.95. The summed E-state index contributed by atoms with van der Waals surface area (Å²) in [6.07, 6.45) is 4.56. The summed E-state index contributed by atoms with van der Waals surface area (Å²) >= 11 is 5.89. The quantitative estimate of drug-likeness (QED) is 0.832. The third-order valence-corrected chi connectivity index (χ3v) is 4.86. The van der Waals surface area contributed by atoms with Crippen LogP contribution in [0.5, 0.6) is 0 Å². The molecule has 0 saturated heterocycles. The summed E-state index contributed by atoms with van der Waals surface area (Å²) in [6, 6.07) is 5.36. The van der Waals surface area contributed by atoms with Crippen molar-refractivity contribution in [1.29, 1.82) is 0 Å². The minimum atomic E-state index is -0.227. The first-order valence-corrected chi connectivity index (χ1v) is 8.13. The van der Waals surface area contributed by atoms with Gasteiger partial charge in [-0.1, -0.05) is 44.0 Å². The van der Waals surface area contributed by atoms with Gasteiger partial charge in [-0.2, -0.15) is 0 Å². The summed E-state index contributed by atoms with van der Waals surface area (Å²) in [5, 5.41) is 3.70. The molecular weight excluding hydrogens is 273 g/mol. The van der Waals surface area contributed by atoms with Crippen molar-refractivity contribution in [2.75, 3.05) is 13.1 Å². The Labute approximate surface area is 126 Å². The normalized spacial score (nSPS) is 26.7. The Balaban J connectivity index is 2.08. The molecular formula is C17H25ClFN. The standard InChI is InChI=1S/C17H25ClFN/c1-3-20-11-14-8-7-12(2)9-15(14)10-13-5-4-6-16(18)17(13)19/h4-6,12,14-15,20H,3,7-11H2,1-2H3. The predicted molar refractivity (Wildman–Crippen MR) is 83.7 cm³/mol. The Morgan fingerprint density at radius 3 is 2.85 bits per heavy atom. The lowest BCUT2D eigenvalue weighted by atomic mass is 9.72. The van der Waals surface area contributed by atoms with E-state index in [2.05, 4.69) is 19.2 Å². The van der Waals surface area contributed by atoms with Gasteiger partial charge in [-0.15, -0.1) is 0 Å². The van der Waals surface area contributed by atoms with Gasteiger partial charge in [0.05, 0.1) is 5.02 Å². The maximum Gasteiger partial charge on any atom is 0.144 e. The monoisotopic (exact) mass is 297 g/mol. The molecule has 1 aromatic carbocycles. The zero-order valence-electron chi connectivity index (χ0n) is 12.5. The summed E-state index contributed by atoms with van der Waals surface area (Å²) in [6.45, 7) is 6.50. The lowest BCUT2D eigenvalue weighted by Gasteiger charge is -2.35. The van der Waals surface area contributed by atoms with Crippen LogP contribution < -0.4 is 5.32 Å². The van der Waals surface area contributed by atoms with E-state index < -0.39 is 0 Å². The fraction of sp³-hybridized carbons (Fsp3) is 0.647. The van der Waals surface area contributed by atoms with E-state index in [1.807, 2.05) is 12.1 Å². The number of hydrogen-bond acceptors (Lipinski definition) is 1. The van der Waals surface area contributed by atoms with E-state index >= 15 is 0 Å². The van der Waals surface area contributed by atoms with Crippen molar-refractivity contribution < 1.29 is 4.39 Å². The molecule has 0 amide bonds. The molecule has 1 aromatic rings. The maximum absolute atomic E-state index is 14.1. The first kappa shape index (κ1) is 15.8. The molecule has 3 unspecified atom stereocenters. The van der Waals surface area contributed by atoms with Crippen LogP contribution in [0.25, 0.3) is 0 Å². The summed E-state index contributed by atoms with van der Waals surface area (Å²) in [5.41, 5.74) is 0.776. The van der Waals surface area contributed by atoms with Gasteiger partial charge in [0.1, 0.15) is 5.82 Å². The highest BCUT2D eigenvalue weighted by Crippen LogP contribution is 2.36. The Hall–Kier alpha value is -0.600. The fourth-order valence-corrected chi connectivity index (χ4v) is 3.59. The second-order valence-electron chi connectivity index (χ2n) is 6.16. The van der Waals surface area contributed by atoms with E-state index in [9.17, 15) is 4.39 Å². The van der Waals surface area contributed by atoms with Crippen molar-refractivity contribution in [3.8, 4) is 0 Å². The van der Waals surface area contributed by atoms with Crippen molar-refractivity contribution in [2.45, 2.75) is 39.5 Å². The topological polar surface area (TPSA) is 12.0 Å². The second-order valence-corrected chi connectivity index (χ2v) is 6.57. The molecule has 1 N–H and O–H groups in total. The van der Waals surface area contributed by atoms with Crippen LogP contribution in [-0.2, 0) is 6.42 Å². The average molecular weight is 298 g/mol. The smallest absolute Gasteiger partial charge is 0.144 e. The molecule has 1 fully saturated rings. The molecule has 0 aromatic heterocycles. The molecule has 1 saturated carbocycles. The molecule has 0 bridgehead atoms. The van der Waals surface area contributed by atoms with Gasteiger partial charge in [-0.05, 0) is 61.7 Å².